The van der Waals surface area contributed by atoms with Gasteiger partial charge in [-0.25, -0.2) is 4.98 Å². The number of hydrogen-bond donors (Lipinski definition) is 2. The van der Waals surface area contributed by atoms with Crippen LogP contribution in [0.2, 0.25) is 5.15 Å². The Morgan fingerprint density at radius 1 is 1.56 bits per heavy atom. The van der Waals surface area contributed by atoms with E-state index in [1.54, 1.807) is 5.38 Å². The van der Waals surface area contributed by atoms with Crippen molar-refractivity contribution in [3.8, 4) is 0 Å². The van der Waals surface area contributed by atoms with Gasteiger partial charge >= 0.3 is 5.97 Å². The molecular formula is C10H13ClN2O2S. The largest absolute Gasteiger partial charge is 0.481 e. The quantitative estimate of drug-likeness (QED) is 0.877. The molecule has 2 N–H and O–H groups in total. The van der Waals surface area contributed by atoms with Crippen molar-refractivity contribution in [2.24, 2.45) is 5.92 Å². The highest BCUT2D eigenvalue weighted by Gasteiger charge is 2.31. The lowest BCUT2D eigenvalue weighted by Gasteiger charge is -2.28. The maximum atomic E-state index is 11.1. The molecule has 1 saturated carbocycles. The molecule has 2 rings (SSSR count). The monoisotopic (exact) mass is 260 g/mol. The predicted molar refractivity (Wildman–Crippen MR) is 64.1 cm³/mol. The first-order chi connectivity index (χ1) is 7.66. The number of carboxylic acid groups (broad SMARTS) is 1. The smallest absolute Gasteiger partial charge is 0.308 e. The molecule has 0 spiro atoms. The van der Waals surface area contributed by atoms with Crippen molar-refractivity contribution in [1.29, 1.82) is 0 Å². The molecule has 1 aromatic heterocycles. The van der Waals surface area contributed by atoms with E-state index >= 15 is 0 Å². The third-order valence-corrected chi connectivity index (χ3v) is 3.96. The van der Waals surface area contributed by atoms with Crippen LogP contribution in [0, 0.1) is 5.92 Å². The van der Waals surface area contributed by atoms with E-state index in [0.29, 0.717) is 10.3 Å². The highest BCUT2D eigenvalue weighted by molar-refractivity contribution is 7.14. The van der Waals surface area contributed by atoms with Gasteiger partial charge in [-0.15, -0.1) is 11.3 Å². The average molecular weight is 261 g/mol. The molecule has 1 aromatic rings. The molecule has 1 aliphatic carbocycles. The summed E-state index contributed by atoms with van der Waals surface area (Å²) in [4.78, 5) is 15.2. The Morgan fingerprint density at radius 3 is 2.94 bits per heavy atom. The van der Waals surface area contributed by atoms with Gasteiger partial charge in [0, 0.05) is 11.4 Å². The van der Waals surface area contributed by atoms with Gasteiger partial charge < -0.3 is 10.4 Å². The fourth-order valence-corrected chi connectivity index (χ4v) is 2.98. The van der Waals surface area contributed by atoms with Crippen LogP contribution in [-0.2, 0) is 4.79 Å². The van der Waals surface area contributed by atoms with Crippen LogP contribution in [0.3, 0.4) is 0 Å². The van der Waals surface area contributed by atoms with Crippen LogP contribution in [0.1, 0.15) is 25.7 Å². The first-order valence-corrected chi connectivity index (χ1v) is 6.53. The van der Waals surface area contributed by atoms with Crippen LogP contribution in [0.25, 0.3) is 0 Å². The first-order valence-electron chi connectivity index (χ1n) is 5.27. The van der Waals surface area contributed by atoms with Crippen molar-refractivity contribution in [3.05, 3.63) is 10.5 Å². The summed E-state index contributed by atoms with van der Waals surface area (Å²) in [7, 11) is 0. The number of halogens is 1. The van der Waals surface area contributed by atoms with Gasteiger partial charge in [0.1, 0.15) is 5.15 Å². The number of nitrogens with one attached hydrogen (secondary N) is 1. The number of rotatable bonds is 3. The van der Waals surface area contributed by atoms with Gasteiger partial charge in [-0.05, 0) is 12.8 Å². The molecular weight excluding hydrogens is 248 g/mol. The molecule has 16 heavy (non-hydrogen) atoms. The molecule has 88 valence electrons. The maximum absolute atomic E-state index is 11.1. The SMILES string of the molecule is O=C(O)C1CCCCC1Nc1nc(Cl)cs1. The molecule has 0 radical (unpaired) electrons. The predicted octanol–water partition coefficient (Wildman–Crippen LogP) is 2.85. The summed E-state index contributed by atoms with van der Waals surface area (Å²) < 4.78 is 0. The Hall–Kier alpha value is -0.810. The first kappa shape index (κ1) is 11.7. The topological polar surface area (TPSA) is 62.2 Å². The summed E-state index contributed by atoms with van der Waals surface area (Å²) in [6.07, 6.45) is 3.69. The Balaban J connectivity index is 2.03. The highest BCUT2D eigenvalue weighted by atomic mass is 35.5. The van der Waals surface area contributed by atoms with E-state index < -0.39 is 5.97 Å². The minimum atomic E-state index is -0.722. The number of hydrogen-bond acceptors (Lipinski definition) is 4. The third kappa shape index (κ3) is 2.65. The molecule has 6 heteroatoms. The minimum absolute atomic E-state index is 0.0199. The lowest BCUT2D eigenvalue weighted by Crippen LogP contribution is -2.37. The molecule has 0 aromatic carbocycles. The fraction of sp³-hybridized carbons (Fsp3) is 0.600. The lowest BCUT2D eigenvalue weighted by molar-refractivity contribution is -0.143. The summed E-state index contributed by atoms with van der Waals surface area (Å²) in [6, 6.07) is -0.0199. The van der Waals surface area contributed by atoms with E-state index in [4.69, 9.17) is 16.7 Å². The summed E-state index contributed by atoms with van der Waals surface area (Å²) in [5.74, 6) is -1.03. The number of anilines is 1. The third-order valence-electron chi connectivity index (χ3n) is 2.87. The molecule has 2 atom stereocenters. The maximum Gasteiger partial charge on any atom is 0.308 e. The fourth-order valence-electron chi connectivity index (χ4n) is 2.08. The van der Waals surface area contributed by atoms with E-state index in [9.17, 15) is 4.79 Å². The number of thiazole rings is 1. The van der Waals surface area contributed by atoms with Gasteiger partial charge in [-0.3, -0.25) is 4.79 Å². The minimum Gasteiger partial charge on any atom is -0.481 e. The van der Waals surface area contributed by atoms with E-state index in [-0.39, 0.29) is 12.0 Å². The lowest BCUT2D eigenvalue weighted by atomic mass is 9.85. The van der Waals surface area contributed by atoms with Crippen molar-refractivity contribution in [1.82, 2.24) is 4.98 Å². The zero-order valence-electron chi connectivity index (χ0n) is 8.65. The number of nitrogens with zero attached hydrogens (tertiary/aromatic N) is 1. The number of aromatic nitrogens is 1. The van der Waals surface area contributed by atoms with Crippen molar-refractivity contribution in [2.75, 3.05) is 5.32 Å². The Labute approximate surface area is 103 Å². The molecule has 0 bridgehead atoms. The van der Waals surface area contributed by atoms with Crippen LogP contribution in [0.4, 0.5) is 5.13 Å². The van der Waals surface area contributed by atoms with Crippen LogP contribution in [-0.4, -0.2) is 22.1 Å². The van der Waals surface area contributed by atoms with Gasteiger partial charge in [0.25, 0.3) is 0 Å². The van der Waals surface area contributed by atoms with Gasteiger partial charge in [0.15, 0.2) is 5.13 Å². The second-order valence-electron chi connectivity index (χ2n) is 3.96. The second-order valence-corrected chi connectivity index (χ2v) is 5.20. The number of carboxylic acids is 1. The van der Waals surface area contributed by atoms with Gasteiger partial charge in [-0.1, -0.05) is 24.4 Å². The molecule has 4 nitrogen and oxygen atoms in total. The van der Waals surface area contributed by atoms with Crippen molar-refractivity contribution < 1.29 is 9.90 Å². The van der Waals surface area contributed by atoms with Crippen LogP contribution in [0.5, 0.6) is 0 Å². The average Bonchev–Trinajstić information content (AvgIpc) is 2.64. The van der Waals surface area contributed by atoms with Crippen molar-refractivity contribution in [3.63, 3.8) is 0 Å². The molecule has 1 fully saturated rings. The van der Waals surface area contributed by atoms with E-state index in [2.05, 4.69) is 10.3 Å². The Kier molecular flexibility index (Phi) is 3.66. The standard InChI is InChI=1S/C10H13ClN2O2S/c11-8-5-16-10(13-8)12-7-4-2-1-3-6(7)9(14)15/h5-7H,1-4H2,(H,12,13)(H,14,15). The molecule has 1 heterocycles. The van der Waals surface area contributed by atoms with Crippen molar-refractivity contribution >= 4 is 34.0 Å². The molecule has 2 unspecified atom stereocenters. The summed E-state index contributed by atoms with van der Waals surface area (Å²) in [5, 5.41) is 15.2. The molecule has 1 aliphatic rings. The van der Waals surface area contributed by atoms with E-state index in [1.165, 1.54) is 11.3 Å². The van der Waals surface area contributed by atoms with E-state index in [1.807, 2.05) is 0 Å². The van der Waals surface area contributed by atoms with Crippen molar-refractivity contribution in [2.45, 2.75) is 31.7 Å². The zero-order valence-corrected chi connectivity index (χ0v) is 10.2. The molecule has 0 amide bonds. The summed E-state index contributed by atoms with van der Waals surface area (Å²) in [5.41, 5.74) is 0. The molecule has 0 aliphatic heterocycles. The summed E-state index contributed by atoms with van der Waals surface area (Å²) in [6.45, 7) is 0. The van der Waals surface area contributed by atoms with Gasteiger partial charge in [-0.2, -0.15) is 0 Å². The normalized spacial score (nSPS) is 25.3. The zero-order chi connectivity index (χ0) is 11.5. The Morgan fingerprint density at radius 2 is 2.31 bits per heavy atom. The highest BCUT2D eigenvalue weighted by Crippen LogP contribution is 2.29. The molecule has 0 saturated heterocycles. The number of carbonyl (C=O) groups is 1. The van der Waals surface area contributed by atoms with Crippen LogP contribution in [0.15, 0.2) is 5.38 Å². The van der Waals surface area contributed by atoms with E-state index in [0.717, 1.165) is 25.7 Å². The van der Waals surface area contributed by atoms with Crippen LogP contribution >= 0.6 is 22.9 Å². The van der Waals surface area contributed by atoms with Gasteiger partial charge in [0.05, 0.1) is 5.92 Å². The number of aliphatic carboxylic acids is 1. The van der Waals surface area contributed by atoms with Crippen LogP contribution < -0.4 is 5.32 Å². The Bertz CT molecular complexity index is 383. The van der Waals surface area contributed by atoms with Gasteiger partial charge in [0.2, 0.25) is 0 Å². The second kappa shape index (κ2) is 5.01. The summed E-state index contributed by atoms with van der Waals surface area (Å²) >= 11 is 7.13.